The van der Waals surface area contributed by atoms with Crippen LogP contribution in [0.1, 0.15) is 10.4 Å². The number of hydrogen-bond acceptors (Lipinski definition) is 3. The van der Waals surface area contributed by atoms with E-state index in [0.29, 0.717) is 5.75 Å². The Morgan fingerprint density at radius 1 is 1.36 bits per heavy atom. The van der Waals surface area contributed by atoms with Crippen LogP contribution in [0.5, 0.6) is 5.75 Å². The molecule has 53 valence electrons. The minimum absolute atomic E-state index is 0.234. The molecule has 0 aromatic heterocycles. The summed E-state index contributed by atoms with van der Waals surface area (Å²) in [5, 5.41) is 0. The molecule has 0 amide bonds. The zero-order chi connectivity index (χ0) is 7.84. The zero-order valence-corrected chi connectivity index (χ0v) is 5.46. The monoisotopic (exact) mass is 147 g/mol. The predicted molar refractivity (Wildman–Crippen MR) is 35.2 cm³/mol. The van der Waals surface area contributed by atoms with Gasteiger partial charge in [0.1, 0.15) is 5.75 Å². The van der Waals surface area contributed by atoms with Crippen LogP contribution in [0.2, 0.25) is 0 Å². The number of hydrogen-bond donors (Lipinski definition) is 0. The SMILES string of the molecule is O=C1Oc2ccc[c]c2C1=O. The van der Waals surface area contributed by atoms with Crippen LogP contribution in [-0.4, -0.2) is 11.8 Å². The van der Waals surface area contributed by atoms with Gasteiger partial charge in [-0.1, -0.05) is 12.1 Å². The molecule has 1 aliphatic heterocycles. The van der Waals surface area contributed by atoms with Gasteiger partial charge in [-0.25, -0.2) is 4.79 Å². The van der Waals surface area contributed by atoms with Crippen LogP contribution < -0.4 is 4.74 Å². The number of esters is 1. The van der Waals surface area contributed by atoms with Crippen LogP contribution in [-0.2, 0) is 4.79 Å². The smallest absolute Gasteiger partial charge is 0.385 e. The molecule has 1 aromatic carbocycles. The largest absolute Gasteiger partial charge is 0.420 e. The van der Waals surface area contributed by atoms with Gasteiger partial charge < -0.3 is 4.74 Å². The zero-order valence-electron chi connectivity index (χ0n) is 5.46. The highest BCUT2D eigenvalue weighted by Crippen LogP contribution is 2.23. The van der Waals surface area contributed by atoms with Crippen molar-refractivity contribution in [3.05, 3.63) is 29.8 Å². The van der Waals surface area contributed by atoms with Gasteiger partial charge >= 0.3 is 5.97 Å². The van der Waals surface area contributed by atoms with E-state index in [1.54, 1.807) is 18.2 Å². The van der Waals surface area contributed by atoms with Crippen molar-refractivity contribution >= 4 is 11.8 Å². The van der Waals surface area contributed by atoms with Crippen molar-refractivity contribution in [2.45, 2.75) is 0 Å². The van der Waals surface area contributed by atoms with Gasteiger partial charge in [-0.2, -0.15) is 0 Å². The van der Waals surface area contributed by atoms with Gasteiger partial charge in [0.15, 0.2) is 0 Å². The first-order valence-electron chi connectivity index (χ1n) is 3.06. The van der Waals surface area contributed by atoms with E-state index in [2.05, 4.69) is 10.8 Å². The first-order valence-corrected chi connectivity index (χ1v) is 3.06. The lowest BCUT2D eigenvalue weighted by molar-refractivity contribution is -0.128. The molecule has 0 fully saturated rings. The Bertz CT molecular complexity index is 341. The average Bonchev–Trinajstić information content (AvgIpc) is 2.30. The van der Waals surface area contributed by atoms with Crippen molar-refractivity contribution in [1.82, 2.24) is 0 Å². The summed E-state index contributed by atoms with van der Waals surface area (Å²) in [6.45, 7) is 0. The lowest BCUT2D eigenvalue weighted by Crippen LogP contribution is -2.10. The van der Waals surface area contributed by atoms with Crippen LogP contribution >= 0.6 is 0 Å². The highest BCUT2D eigenvalue weighted by molar-refractivity contribution is 6.44. The van der Waals surface area contributed by atoms with Crippen molar-refractivity contribution in [3.8, 4) is 5.75 Å². The molecule has 1 aliphatic rings. The van der Waals surface area contributed by atoms with E-state index in [-0.39, 0.29) is 5.56 Å². The van der Waals surface area contributed by atoms with E-state index in [0.717, 1.165) is 0 Å². The summed E-state index contributed by atoms with van der Waals surface area (Å²) in [5.74, 6) is -1.12. The maximum absolute atomic E-state index is 10.9. The summed E-state index contributed by atoms with van der Waals surface area (Å²) in [5.41, 5.74) is 0.234. The summed E-state index contributed by atoms with van der Waals surface area (Å²) in [6, 6.07) is 7.42. The highest BCUT2D eigenvalue weighted by atomic mass is 16.5. The van der Waals surface area contributed by atoms with Gasteiger partial charge in [0.05, 0.1) is 5.56 Å². The van der Waals surface area contributed by atoms with Crippen LogP contribution in [0.4, 0.5) is 0 Å². The Balaban J connectivity index is 2.64. The molecule has 1 heterocycles. The van der Waals surface area contributed by atoms with Gasteiger partial charge in [-0.05, 0) is 12.1 Å². The maximum Gasteiger partial charge on any atom is 0.385 e. The molecule has 2 rings (SSSR count). The molecule has 0 atom stereocenters. The molecule has 0 spiro atoms. The molecule has 0 N–H and O–H groups in total. The summed E-state index contributed by atoms with van der Waals surface area (Å²) in [4.78, 5) is 21.5. The van der Waals surface area contributed by atoms with Crippen molar-refractivity contribution < 1.29 is 14.3 Å². The summed E-state index contributed by atoms with van der Waals surface area (Å²) < 4.78 is 4.60. The van der Waals surface area contributed by atoms with Gasteiger partial charge in [-0.3, -0.25) is 4.79 Å². The number of Topliss-reactive ketones (excluding diaryl/α,β-unsaturated/α-hetero) is 1. The first kappa shape index (κ1) is 6.09. The van der Waals surface area contributed by atoms with Gasteiger partial charge in [0.25, 0.3) is 5.78 Å². The second kappa shape index (κ2) is 1.92. The molecule has 3 nitrogen and oxygen atoms in total. The molecule has 0 aliphatic carbocycles. The van der Waals surface area contributed by atoms with Crippen LogP contribution in [0.25, 0.3) is 0 Å². The fourth-order valence-electron chi connectivity index (χ4n) is 0.932. The molecule has 0 bridgehead atoms. The first-order chi connectivity index (χ1) is 5.29. The molecule has 1 aromatic rings. The summed E-state index contributed by atoms with van der Waals surface area (Å²) in [6.07, 6.45) is 0. The predicted octanol–water partition coefficient (Wildman–Crippen LogP) is 0.588. The Labute approximate surface area is 62.6 Å². The molecule has 11 heavy (non-hydrogen) atoms. The third-order valence-corrected chi connectivity index (χ3v) is 1.43. The van der Waals surface area contributed by atoms with E-state index >= 15 is 0 Å². The number of carbonyl (C=O) groups excluding carboxylic acids is 2. The van der Waals surface area contributed by atoms with E-state index < -0.39 is 11.8 Å². The Kier molecular flexibility index (Phi) is 1.06. The molecule has 1 radical (unpaired) electrons. The summed E-state index contributed by atoms with van der Waals surface area (Å²) >= 11 is 0. The van der Waals surface area contributed by atoms with Gasteiger partial charge in [0, 0.05) is 0 Å². The Hall–Kier alpha value is -1.64. The van der Waals surface area contributed by atoms with E-state index in [9.17, 15) is 9.59 Å². The number of ether oxygens (including phenoxy) is 1. The second-order valence-corrected chi connectivity index (χ2v) is 2.13. The quantitative estimate of drug-likeness (QED) is 0.306. The Morgan fingerprint density at radius 2 is 2.18 bits per heavy atom. The van der Waals surface area contributed by atoms with E-state index in [4.69, 9.17) is 0 Å². The maximum atomic E-state index is 10.9. The topological polar surface area (TPSA) is 43.4 Å². The standard InChI is InChI=1S/C8H3O3/c9-7-5-3-1-2-4-6(5)11-8(7)10/h1-2,4H. The van der Waals surface area contributed by atoms with E-state index in [1.807, 2.05) is 0 Å². The minimum Gasteiger partial charge on any atom is -0.420 e. The fraction of sp³-hybridized carbons (Fsp3) is 0. The molecule has 0 saturated carbocycles. The van der Waals surface area contributed by atoms with E-state index in [1.165, 1.54) is 0 Å². The minimum atomic E-state index is -0.817. The number of carbonyl (C=O) groups is 2. The molecule has 3 heteroatoms. The molecule has 0 saturated heterocycles. The molecular formula is C8H3O3. The van der Waals surface area contributed by atoms with Gasteiger partial charge in [-0.15, -0.1) is 0 Å². The van der Waals surface area contributed by atoms with Crippen LogP contribution in [0.15, 0.2) is 18.2 Å². The average molecular weight is 147 g/mol. The highest BCUT2D eigenvalue weighted by Gasteiger charge is 2.30. The number of ketones is 1. The lowest BCUT2D eigenvalue weighted by atomic mass is 10.1. The van der Waals surface area contributed by atoms with Gasteiger partial charge in [0.2, 0.25) is 0 Å². The normalized spacial score (nSPS) is 14.5. The fourth-order valence-corrected chi connectivity index (χ4v) is 0.932. The summed E-state index contributed by atoms with van der Waals surface area (Å²) in [7, 11) is 0. The number of fused-ring (bicyclic) bond motifs is 1. The lowest BCUT2D eigenvalue weighted by Gasteiger charge is -1.89. The molecular weight excluding hydrogens is 144 g/mol. The third kappa shape index (κ3) is 0.741. The van der Waals surface area contributed by atoms with Crippen molar-refractivity contribution in [3.63, 3.8) is 0 Å². The third-order valence-electron chi connectivity index (χ3n) is 1.43. The second-order valence-electron chi connectivity index (χ2n) is 2.13. The van der Waals surface area contributed by atoms with Crippen molar-refractivity contribution in [2.24, 2.45) is 0 Å². The number of benzene rings is 1. The van der Waals surface area contributed by atoms with Crippen LogP contribution in [0.3, 0.4) is 0 Å². The molecule has 0 unspecified atom stereocenters. The number of rotatable bonds is 0. The van der Waals surface area contributed by atoms with Crippen molar-refractivity contribution in [1.29, 1.82) is 0 Å². The van der Waals surface area contributed by atoms with Crippen molar-refractivity contribution in [2.75, 3.05) is 0 Å². The Morgan fingerprint density at radius 3 is 2.91 bits per heavy atom. The van der Waals surface area contributed by atoms with Crippen LogP contribution in [0, 0.1) is 6.07 Å².